The third kappa shape index (κ3) is 27.7. The molecule has 2 heterocycles. The Morgan fingerprint density at radius 1 is 0.630 bits per heavy atom. The second-order valence-corrected chi connectivity index (χ2v) is 17.9. The minimum Gasteiger partial charge on any atom is -0.478 e. The fourth-order valence-corrected chi connectivity index (χ4v) is 7.86. The third-order valence-corrected chi connectivity index (χ3v) is 11.4. The lowest BCUT2D eigenvalue weighted by molar-refractivity contribution is -0.158. The Morgan fingerprint density at radius 3 is 1.38 bits per heavy atom. The topological polar surface area (TPSA) is 507 Å². The number of nitrogens with one attached hydrogen (secondary N) is 5. The number of nitrogens with zero attached hydrogens (tertiary/aromatic N) is 3. The van der Waals surface area contributed by atoms with Crippen LogP contribution in [0.25, 0.3) is 0 Å². The van der Waals surface area contributed by atoms with E-state index in [0.717, 1.165) is 26.0 Å². The quantitative estimate of drug-likeness (QED) is 0.0117. The minimum absolute atomic E-state index is 0.0834. The van der Waals surface area contributed by atoms with Gasteiger partial charge in [0.1, 0.15) is 44.2 Å². The number of urea groups is 1. The monoisotopic (exact) mass is 1160 g/mol. The molecule has 0 fully saturated rings. The van der Waals surface area contributed by atoms with E-state index in [4.69, 9.17) is 67.3 Å². The second kappa shape index (κ2) is 39.3. The number of aliphatic carboxylic acids is 2. The van der Waals surface area contributed by atoms with Gasteiger partial charge in [-0.25, -0.2) is 24.4 Å². The number of carbonyl (C=O) groups is 7. The lowest BCUT2D eigenvalue weighted by Gasteiger charge is -2.40. The van der Waals surface area contributed by atoms with E-state index in [1.54, 1.807) is 0 Å². The molecule has 81 heavy (non-hydrogen) atoms. The maximum atomic E-state index is 13.4. The zero-order valence-electron chi connectivity index (χ0n) is 45.3. The highest BCUT2D eigenvalue weighted by atomic mass is 16.6. The van der Waals surface area contributed by atoms with E-state index in [2.05, 4.69) is 42.5 Å². The Hall–Kier alpha value is -7.13. The molecular weight excluding hydrogens is 1080 g/mol. The predicted molar refractivity (Wildman–Crippen MR) is 283 cm³/mol. The molecule has 0 unspecified atom stereocenters. The van der Waals surface area contributed by atoms with Crippen LogP contribution in [0.4, 0.5) is 4.79 Å². The molecule has 19 N–H and O–H groups in total. The van der Waals surface area contributed by atoms with Gasteiger partial charge in [0.2, 0.25) is 35.1 Å². The number of aliphatic imine (C=N–C) groups is 2. The molecule has 2 aliphatic heterocycles. The van der Waals surface area contributed by atoms with E-state index in [0.29, 0.717) is 52.1 Å². The van der Waals surface area contributed by atoms with Gasteiger partial charge in [0.15, 0.2) is 24.1 Å². The number of hydrogen-bond acceptors (Lipinski definition) is 21. The van der Waals surface area contributed by atoms with E-state index in [1.807, 2.05) is 0 Å². The van der Waals surface area contributed by atoms with E-state index in [1.165, 1.54) is 4.90 Å². The largest absolute Gasteiger partial charge is 0.478 e. The number of guanidine groups is 2. The number of aliphatic hydroxyl groups excluding tert-OH is 4. The summed E-state index contributed by atoms with van der Waals surface area (Å²) in [6.07, 6.45) is -1.10. The molecule has 0 aromatic heterocycles. The number of amides is 6. The average molecular weight is 1160 g/mol. The fraction of sp³-hybridized carbons (Fsp3) is 0.688. The van der Waals surface area contributed by atoms with Crippen LogP contribution in [0.3, 0.4) is 0 Å². The molecule has 0 saturated carbocycles. The highest BCUT2D eigenvalue weighted by molar-refractivity contribution is 5.86. The molecule has 2 aliphatic rings. The summed E-state index contributed by atoms with van der Waals surface area (Å²) >= 11 is 0. The highest BCUT2D eigenvalue weighted by Crippen LogP contribution is 2.28. The molecular formula is C48H80N12O21. The van der Waals surface area contributed by atoms with Gasteiger partial charge in [0.25, 0.3) is 0 Å². The molecule has 33 nitrogen and oxygen atoms in total. The molecule has 458 valence electrons. The number of nitrogens with two attached hydrogens (primary N) is 4. The molecule has 0 spiro atoms. The van der Waals surface area contributed by atoms with Crippen molar-refractivity contribution >= 4 is 53.5 Å². The SMILES string of the molecule is C#CCOCCOCCOCCOCCNC(=O)N(CCCCNC(=O)CO[C@@H]([C@@H]1OC(C(=O)O)=C[C@H](N=C(N)N)[C@H]1NC(C)=O)[C@H](O)CO)CCCCNC(=O)CO[C@@H]([C@@H]1OC(C(=O)O)=C[C@H](N=C(N)N)[C@H]1NC(C)=O)[C@H](O)CO. The zero-order valence-corrected chi connectivity index (χ0v) is 45.3. The molecule has 0 aromatic carbocycles. The van der Waals surface area contributed by atoms with Crippen LogP contribution in [0.2, 0.25) is 0 Å². The number of ether oxygens (including phenoxy) is 8. The van der Waals surface area contributed by atoms with Gasteiger partial charge in [0, 0.05) is 46.6 Å². The van der Waals surface area contributed by atoms with Crippen LogP contribution in [0.5, 0.6) is 0 Å². The summed E-state index contributed by atoms with van der Waals surface area (Å²) in [6.45, 7) is 2.03. The number of unbranched alkanes of at least 4 members (excludes halogenated alkanes) is 2. The summed E-state index contributed by atoms with van der Waals surface area (Å²) < 4.78 is 44.1. The lowest BCUT2D eigenvalue weighted by atomic mass is 9.92. The molecule has 0 radical (unpaired) electrons. The average Bonchev–Trinajstić information content (AvgIpc) is 3.40. The highest BCUT2D eigenvalue weighted by Gasteiger charge is 2.47. The van der Waals surface area contributed by atoms with Gasteiger partial charge in [-0.1, -0.05) is 5.92 Å². The zero-order chi connectivity index (χ0) is 60.3. The Balaban J connectivity index is 2.04. The van der Waals surface area contributed by atoms with Crippen molar-refractivity contribution in [2.75, 3.05) is 112 Å². The van der Waals surface area contributed by atoms with Gasteiger partial charge >= 0.3 is 18.0 Å². The van der Waals surface area contributed by atoms with Crippen molar-refractivity contribution in [2.24, 2.45) is 32.9 Å². The van der Waals surface area contributed by atoms with Crippen LogP contribution in [0, 0.1) is 12.3 Å². The number of carbonyl (C=O) groups excluding carboxylic acids is 5. The first kappa shape index (κ1) is 70.0. The fourth-order valence-electron chi connectivity index (χ4n) is 7.86. The first-order valence-corrected chi connectivity index (χ1v) is 25.7. The molecule has 10 atom stereocenters. The first-order chi connectivity index (χ1) is 38.6. The summed E-state index contributed by atoms with van der Waals surface area (Å²) in [5.41, 5.74) is 22.2. The van der Waals surface area contributed by atoms with Gasteiger partial charge in [-0.3, -0.25) is 19.2 Å². The van der Waals surface area contributed by atoms with Crippen LogP contribution in [-0.4, -0.2) is 262 Å². The van der Waals surface area contributed by atoms with Gasteiger partial charge < -0.3 is 123 Å². The lowest BCUT2D eigenvalue weighted by Crippen LogP contribution is -2.60. The standard InChI is InChI=1S/C48H80N12O21/c1-4-14-74-16-18-76-20-21-77-19-17-75-15-11-55-48(73)60(12-7-5-9-53-36(67)26-78-40(32(65)24-61)42-38(56-28(2)63)30(58-46(49)50)22-34(80-42)44(69)70)13-8-6-10-54-37(68)27-79-41(33(66)25-62)43-39(57-29(3)64)31(59-47(51)52)23-35(81-43)45(71)72/h1,22-23,30-33,38-43,61-62,65-66H,5-21,24-27H2,2-3H3,(H,53,67)(H,54,68)(H,55,73)(H,56,63)(H,57,64)(H,69,70)(H,71,72)(H4,49,50,58)(H4,51,52,59)/t30-,31-,32+,33+,38+,39+,40+,41+,42+,43+/m0/s1. The van der Waals surface area contributed by atoms with E-state index < -0.39 is 152 Å². The van der Waals surface area contributed by atoms with E-state index in [9.17, 15) is 64.2 Å². The van der Waals surface area contributed by atoms with Crippen molar-refractivity contribution in [3.05, 3.63) is 23.7 Å². The van der Waals surface area contributed by atoms with E-state index in [-0.39, 0.29) is 59.2 Å². The van der Waals surface area contributed by atoms with Crippen molar-refractivity contribution in [2.45, 2.75) is 100 Å². The van der Waals surface area contributed by atoms with Crippen molar-refractivity contribution in [3.63, 3.8) is 0 Å². The normalized spacial score (nSPS) is 19.9. The molecule has 6 amide bonds. The molecule has 0 aromatic rings. The van der Waals surface area contributed by atoms with Crippen molar-refractivity contribution < 1.29 is 102 Å². The number of carboxylic acid groups (broad SMARTS) is 2. The van der Waals surface area contributed by atoms with Gasteiger partial charge in [-0.05, 0) is 37.8 Å². The minimum atomic E-state index is -1.75. The van der Waals surface area contributed by atoms with Crippen LogP contribution in [0.15, 0.2) is 33.7 Å². The second-order valence-electron chi connectivity index (χ2n) is 17.9. The molecule has 33 heteroatoms. The number of rotatable bonds is 41. The van der Waals surface area contributed by atoms with Crippen LogP contribution < -0.4 is 49.5 Å². The first-order valence-electron chi connectivity index (χ1n) is 25.7. The third-order valence-electron chi connectivity index (χ3n) is 11.4. The van der Waals surface area contributed by atoms with Crippen LogP contribution >= 0.6 is 0 Å². The summed E-state index contributed by atoms with van der Waals surface area (Å²) in [5.74, 6) is -5.56. The number of hydrogen-bond donors (Lipinski definition) is 15. The molecule has 2 rings (SSSR count). The number of carboxylic acids is 2. The van der Waals surface area contributed by atoms with Crippen molar-refractivity contribution in [1.82, 2.24) is 31.5 Å². The van der Waals surface area contributed by atoms with Gasteiger partial charge in [0.05, 0.1) is 83.6 Å². The molecule has 0 aliphatic carbocycles. The Morgan fingerprint density at radius 2 is 1.02 bits per heavy atom. The molecule has 0 bridgehead atoms. The Bertz CT molecular complexity index is 2040. The summed E-state index contributed by atoms with van der Waals surface area (Å²) in [4.78, 5) is 97.1. The van der Waals surface area contributed by atoms with Crippen LogP contribution in [0.1, 0.15) is 39.5 Å². The Kier molecular flexibility index (Phi) is 33.9. The number of terminal acetylenes is 1. The summed E-state index contributed by atoms with van der Waals surface area (Å²) in [7, 11) is 0. The number of aliphatic hydroxyl groups is 4. The predicted octanol–water partition coefficient (Wildman–Crippen LogP) is -7.00. The van der Waals surface area contributed by atoms with Crippen molar-refractivity contribution in [1.29, 1.82) is 0 Å². The van der Waals surface area contributed by atoms with Crippen LogP contribution in [-0.2, 0) is 66.7 Å². The summed E-state index contributed by atoms with van der Waals surface area (Å²) in [5, 5.41) is 73.8. The van der Waals surface area contributed by atoms with Crippen molar-refractivity contribution in [3.8, 4) is 12.3 Å². The maximum absolute atomic E-state index is 13.4. The molecule has 0 saturated heterocycles. The van der Waals surface area contributed by atoms with E-state index >= 15 is 0 Å². The summed E-state index contributed by atoms with van der Waals surface area (Å²) in [6, 6.07) is -5.33. The maximum Gasteiger partial charge on any atom is 0.370 e. The smallest absolute Gasteiger partial charge is 0.370 e. The van der Waals surface area contributed by atoms with Gasteiger partial charge in [-0.2, -0.15) is 0 Å². The Labute approximate surface area is 467 Å². The van der Waals surface area contributed by atoms with Gasteiger partial charge in [-0.15, -0.1) is 6.42 Å².